The normalized spacial score (nSPS) is 13.2. The minimum absolute atomic E-state index is 0.0732. The van der Waals surface area contributed by atoms with Crippen LogP contribution in [0.2, 0.25) is 0 Å². The Morgan fingerprint density at radius 1 is 0.885 bits per heavy atom. The van der Waals surface area contributed by atoms with Crippen LogP contribution in [-0.2, 0) is 6.42 Å². The van der Waals surface area contributed by atoms with E-state index in [1.54, 1.807) is 24.3 Å². The van der Waals surface area contributed by atoms with Gasteiger partial charge in [-0.15, -0.1) is 0 Å². The van der Waals surface area contributed by atoms with Crippen molar-refractivity contribution in [3.05, 3.63) is 70.8 Å². The van der Waals surface area contributed by atoms with Gasteiger partial charge in [-0.3, -0.25) is 0 Å². The molecule has 0 heterocycles. The van der Waals surface area contributed by atoms with Crippen LogP contribution in [-0.4, -0.2) is 22.2 Å². The van der Waals surface area contributed by atoms with Crippen molar-refractivity contribution in [1.82, 2.24) is 0 Å². The summed E-state index contributed by atoms with van der Waals surface area (Å²) in [6, 6.07) is 14.2. The second-order valence-electron chi connectivity index (χ2n) is 6.62. The van der Waals surface area contributed by atoms with Gasteiger partial charge in [-0.2, -0.15) is 0 Å². The van der Waals surface area contributed by atoms with Crippen molar-refractivity contribution in [2.24, 2.45) is 5.92 Å². The van der Waals surface area contributed by atoms with Crippen molar-refractivity contribution in [3.8, 4) is 0 Å². The summed E-state index contributed by atoms with van der Waals surface area (Å²) in [7, 11) is 0. The molecule has 0 spiro atoms. The van der Waals surface area contributed by atoms with Gasteiger partial charge in [-0.05, 0) is 54.4 Å². The number of benzene rings is 2. The molecule has 0 radical (unpaired) electrons. The summed E-state index contributed by atoms with van der Waals surface area (Å²) in [4.78, 5) is 23.2. The summed E-state index contributed by atoms with van der Waals surface area (Å²) in [6.07, 6.45) is 3.32. The van der Waals surface area contributed by atoms with E-state index < -0.39 is 11.9 Å². The molecule has 0 saturated heterocycles. The van der Waals surface area contributed by atoms with Crippen LogP contribution in [0.15, 0.2) is 48.5 Å². The van der Waals surface area contributed by atoms with Crippen LogP contribution >= 0.6 is 0 Å². The highest BCUT2D eigenvalue weighted by Crippen LogP contribution is 2.36. The summed E-state index contributed by atoms with van der Waals surface area (Å²) in [5.74, 6) is -1.58. The number of aromatic carboxylic acids is 2. The molecule has 2 N–H and O–H groups in total. The van der Waals surface area contributed by atoms with Crippen molar-refractivity contribution in [2.75, 3.05) is 0 Å². The highest BCUT2D eigenvalue weighted by molar-refractivity contribution is 5.90. The zero-order valence-electron chi connectivity index (χ0n) is 15.3. The number of hydrogen-bond acceptors (Lipinski definition) is 2. The number of carboxylic acid groups (broad SMARTS) is 2. The standard InChI is InChI=1S/C22H26O4/c1-3-9-15(14-16-10-5-6-11-18(16)21(23)24)17(4-2)19-12-7-8-13-20(19)22(25)26/h5-8,10-13,15,17H,3-4,9,14H2,1-2H3,(H,23,24)(H,25,26). The van der Waals surface area contributed by atoms with Gasteiger partial charge in [0.25, 0.3) is 0 Å². The van der Waals surface area contributed by atoms with E-state index in [-0.39, 0.29) is 11.8 Å². The molecule has 4 nitrogen and oxygen atoms in total. The minimum atomic E-state index is -0.921. The first-order valence-corrected chi connectivity index (χ1v) is 9.12. The second-order valence-corrected chi connectivity index (χ2v) is 6.62. The monoisotopic (exact) mass is 354 g/mol. The van der Waals surface area contributed by atoms with Crippen molar-refractivity contribution >= 4 is 11.9 Å². The lowest BCUT2D eigenvalue weighted by molar-refractivity contribution is 0.0685. The first-order chi connectivity index (χ1) is 12.5. The molecule has 138 valence electrons. The zero-order chi connectivity index (χ0) is 19.1. The van der Waals surface area contributed by atoms with Crippen LogP contribution in [0.4, 0.5) is 0 Å². The summed E-state index contributed by atoms with van der Waals surface area (Å²) < 4.78 is 0. The Morgan fingerprint density at radius 2 is 1.46 bits per heavy atom. The third-order valence-corrected chi connectivity index (χ3v) is 4.99. The summed E-state index contributed by atoms with van der Waals surface area (Å²) in [5.41, 5.74) is 2.32. The fraction of sp³-hybridized carbons (Fsp3) is 0.364. The van der Waals surface area contributed by atoms with Crippen LogP contribution in [0.25, 0.3) is 0 Å². The van der Waals surface area contributed by atoms with Gasteiger partial charge in [-0.1, -0.05) is 56.7 Å². The Balaban J connectivity index is 2.42. The Morgan fingerprint density at radius 3 is 2.04 bits per heavy atom. The predicted octanol–water partition coefficient (Wildman–Crippen LogP) is 5.24. The van der Waals surface area contributed by atoms with Gasteiger partial charge < -0.3 is 10.2 Å². The van der Waals surface area contributed by atoms with E-state index in [0.717, 1.165) is 30.4 Å². The molecule has 2 unspecified atom stereocenters. The van der Waals surface area contributed by atoms with Gasteiger partial charge >= 0.3 is 11.9 Å². The molecule has 0 fully saturated rings. The quantitative estimate of drug-likeness (QED) is 0.646. The van der Waals surface area contributed by atoms with Crippen molar-refractivity contribution in [1.29, 1.82) is 0 Å². The fourth-order valence-electron chi connectivity index (χ4n) is 3.83. The maximum atomic E-state index is 11.6. The molecule has 4 heteroatoms. The molecule has 0 aliphatic rings. The second kappa shape index (κ2) is 9.18. The van der Waals surface area contributed by atoms with Crippen molar-refractivity contribution in [2.45, 2.75) is 45.4 Å². The number of carboxylic acids is 2. The molecule has 0 aliphatic carbocycles. The average Bonchev–Trinajstić information content (AvgIpc) is 2.63. The van der Waals surface area contributed by atoms with Crippen LogP contribution in [0.3, 0.4) is 0 Å². The van der Waals surface area contributed by atoms with Crippen LogP contribution in [0.1, 0.15) is 70.9 Å². The average molecular weight is 354 g/mol. The highest BCUT2D eigenvalue weighted by Gasteiger charge is 2.26. The molecular weight excluding hydrogens is 328 g/mol. The summed E-state index contributed by atoms with van der Waals surface area (Å²) >= 11 is 0. The molecule has 0 bridgehead atoms. The molecule has 2 aromatic rings. The lowest BCUT2D eigenvalue weighted by atomic mass is 9.76. The fourth-order valence-corrected chi connectivity index (χ4v) is 3.83. The molecular formula is C22H26O4. The maximum Gasteiger partial charge on any atom is 0.335 e. The van der Waals surface area contributed by atoms with E-state index in [0.29, 0.717) is 17.5 Å². The van der Waals surface area contributed by atoms with Crippen LogP contribution < -0.4 is 0 Å². The third kappa shape index (κ3) is 4.51. The molecule has 0 aliphatic heterocycles. The molecule has 2 atom stereocenters. The first-order valence-electron chi connectivity index (χ1n) is 9.12. The number of hydrogen-bond donors (Lipinski definition) is 2. The van der Waals surface area contributed by atoms with Gasteiger partial charge in [0.2, 0.25) is 0 Å². The largest absolute Gasteiger partial charge is 0.478 e. The van der Waals surface area contributed by atoms with Crippen molar-refractivity contribution < 1.29 is 19.8 Å². The number of carbonyl (C=O) groups is 2. The third-order valence-electron chi connectivity index (χ3n) is 4.99. The van der Waals surface area contributed by atoms with E-state index in [1.807, 2.05) is 24.3 Å². The van der Waals surface area contributed by atoms with Gasteiger partial charge in [0, 0.05) is 0 Å². The molecule has 2 rings (SSSR count). The maximum absolute atomic E-state index is 11.6. The summed E-state index contributed by atoms with van der Waals surface area (Å²) in [5, 5.41) is 19.0. The Labute approximate surface area is 154 Å². The number of rotatable bonds is 9. The smallest absolute Gasteiger partial charge is 0.335 e. The zero-order valence-corrected chi connectivity index (χ0v) is 15.3. The van der Waals surface area contributed by atoms with Gasteiger partial charge in [0.15, 0.2) is 0 Å². The Hall–Kier alpha value is -2.62. The van der Waals surface area contributed by atoms with E-state index in [9.17, 15) is 19.8 Å². The lowest BCUT2D eigenvalue weighted by Gasteiger charge is -2.28. The topological polar surface area (TPSA) is 74.6 Å². The Kier molecular flexibility index (Phi) is 6.96. The highest BCUT2D eigenvalue weighted by atomic mass is 16.4. The van der Waals surface area contributed by atoms with Gasteiger partial charge in [-0.25, -0.2) is 9.59 Å². The van der Waals surface area contributed by atoms with Crippen LogP contribution in [0.5, 0.6) is 0 Å². The lowest BCUT2D eigenvalue weighted by Crippen LogP contribution is -2.19. The minimum Gasteiger partial charge on any atom is -0.478 e. The summed E-state index contributed by atoms with van der Waals surface area (Å²) in [6.45, 7) is 4.17. The van der Waals surface area contributed by atoms with Gasteiger partial charge in [0.1, 0.15) is 0 Å². The molecule has 26 heavy (non-hydrogen) atoms. The predicted molar refractivity (Wildman–Crippen MR) is 102 cm³/mol. The van der Waals surface area contributed by atoms with E-state index in [4.69, 9.17) is 0 Å². The Bertz CT molecular complexity index is 766. The van der Waals surface area contributed by atoms with E-state index in [2.05, 4.69) is 13.8 Å². The first kappa shape index (κ1) is 19.7. The van der Waals surface area contributed by atoms with Crippen LogP contribution in [0, 0.1) is 5.92 Å². The molecule has 0 saturated carbocycles. The van der Waals surface area contributed by atoms with E-state index in [1.165, 1.54) is 0 Å². The molecule has 0 aromatic heterocycles. The molecule has 0 amide bonds. The SMILES string of the molecule is CCCC(Cc1ccccc1C(=O)O)C(CC)c1ccccc1C(=O)O. The van der Waals surface area contributed by atoms with E-state index >= 15 is 0 Å². The molecule has 2 aromatic carbocycles. The van der Waals surface area contributed by atoms with Crippen molar-refractivity contribution in [3.63, 3.8) is 0 Å². The van der Waals surface area contributed by atoms with Gasteiger partial charge in [0.05, 0.1) is 11.1 Å².